The van der Waals surface area contributed by atoms with E-state index in [0.717, 1.165) is 17.5 Å². The smallest absolute Gasteiger partial charge is 0.325 e. The van der Waals surface area contributed by atoms with Crippen LogP contribution < -0.4 is 0 Å². The Hall–Kier alpha value is -1.96. The second-order valence-corrected chi connectivity index (χ2v) is 5.26. The molecular formula is C13H20N4O4. The number of hydrogen-bond acceptors (Lipinski definition) is 5. The van der Waals surface area contributed by atoms with E-state index >= 15 is 0 Å². The minimum Gasteiger partial charge on any atom is -0.480 e. The van der Waals surface area contributed by atoms with Gasteiger partial charge in [-0.25, -0.2) is 4.68 Å². The van der Waals surface area contributed by atoms with Crippen molar-refractivity contribution < 1.29 is 19.4 Å². The van der Waals surface area contributed by atoms with Crippen molar-refractivity contribution in [1.29, 1.82) is 0 Å². The van der Waals surface area contributed by atoms with Crippen molar-refractivity contribution in [2.45, 2.75) is 32.4 Å². The lowest BCUT2D eigenvalue weighted by Gasteiger charge is -2.28. The Kier molecular flexibility index (Phi) is 4.89. The molecule has 1 heterocycles. The fourth-order valence-corrected chi connectivity index (χ4v) is 2.27. The number of carboxylic acid groups (broad SMARTS) is 1. The SMILES string of the molecule is COCCN(C(=O)c1cn(CC(=O)O)nn1)C(C)C1CC1. The number of aliphatic carboxylic acids is 1. The minimum atomic E-state index is -1.03. The molecule has 2 rings (SSSR count). The van der Waals surface area contributed by atoms with Gasteiger partial charge in [-0.05, 0) is 25.7 Å². The normalized spacial score (nSPS) is 15.7. The Balaban J connectivity index is 2.08. The molecular weight excluding hydrogens is 276 g/mol. The number of ether oxygens (including phenoxy) is 1. The quantitative estimate of drug-likeness (QED) is 0.738. The van der Waals surface area contributed by atoms with E-state index in [1.807, 2.05) is 6.92 Å². The van der Waals surface area contributed by atoms with Crippen LogP contribution in [0.1, 0.15) is 30.3 Å². The third-order valence-corrected chi connectivity index (χ3v) is 3.65. The van der Waals surface area contributed by atoms with Crippen molar-refractivity contribution in [3.05, 3.63) is 11.9 Å². The fourth-order valence-electron chi connectivity index (χ4n) is 2.27. The topological polar surface area (TPSA) is 97.5 Å². The lowest BCUT2D eigenvalue weighted by Crippen LogP contribution is -2.42. The molecule has 1 aliphatic carbocycles. The summed E-state index contributed by atoms with van der Waals surface area (Å²) in [5.41, 5.74) is 0.167. The van der Waals surface area contributed by atoms with Gasteiger partial charge in [-0.3, -0.25) is 9.59 Å². The number of methoxy groups -OCH3 is 1. The van der Waals surface area contributed by atoms with Crippen LogP contribution in [-0.2, 0) is 16.1 Å². The van der Waals surface area contributed by atoms with E-state index in [-0.39, 0.29) is 24.2 Å². The summed E-state index contributed by atoms with van der Waals surface area (Å²) in [7, 11) is 1.59. The monoisotopic (exact) mass is 296 g/mol. The second-order valence-electron chi connectivity index (χ2n) is 5.26. The maximum absolute atomic E-state index is 12.5. The van der Waals surface area contributed by atoms with Crippen LogP contribution in [0.15, 0.2) is 6.20 Å². The summed E-state index contributed by atoms with van der Waals surface area (Å²) in [5, 5.41) is 16.2. The molecule has 116 valence electrons. The predicted molar refractivity (Wildman–Crippen MR) is 72.8 cm³/mol. The predicted octanol–water partition coefficient (Wildman–Crippen LogP) is 0.250. The summed E-state index contributed by atoms with van der Waals surface area (Å²) in [5.74, 6) is -0.732. The molecule has 8 heteroatoms. The first-order valence-corrected chi connectivity index (χ1v) is 6.94. The molecule has 1 N–H and O–H groups in total. The van der Waals surface area contributed by atoms with Crippen LogP contribution in [0.3, 0.4) is 0 Å². The van der Waals surface area contributed by atoms with Gasteiger partial charge in [0.05, 0.1) is 12.8 Å². The summed E-state index contributed by atoms with van der Waals surface area (Å²) >= 11 is 0. The van der Waals surface area contributed by atoms with Gasteiger partial charge in [-0.15, -0.1) is 5.10 Å². The fraction of sp³-hybridized carbons (Fsp3) is 0.692. The highest BCUT2D eigenvalue weighted by Gasteiger charge is 2.35. The third-order valence-electron chi connectivity index (χ3n) is 3.65. The van der Waals surface area contributed by atoms with E-state index in [1.54, 1.807) is 12.0 Å². The molecule has 1 saturated carbocycles. The van der Waals surface area contributed by atoms with Gasteiger partial charge in [0.1, 0.15) is 6.54 Å². The highest BCUT2D eigenvalue weighted by Crippen LogP contribution is 2.35. The summed E-state index contributed by atoms with van der Waals surface area (Å²) < 4.78 is 6.20. The number of rotatable bonds is 8. The van der Waals surface area contributed by atoms with Crippen LogP contribution in [0.25, 0.3) is 0 Å². The maximum Gasteiger partial charge on any atom is 0.325 e. The van der Waals surface area contributed by atoms with E-state index in [4.69, 9.17) is 9.84 Å². The first-order chi connectivity index (χ1) is 10.0. The van der Waals surface area contributed by atoms with Gasteiger partial charge >= 0.3 is 5.97 Å². The molecule has 8 nitrogen and oxygen atoms in total. The molecule has 0 bridgehead atoms. The van der Waals surface area contributed by atoms with Gasteiger partial charge in [-0.1, -0.05) is 5.21 Å². The number of nitrogens with zero attached hydrogens (tertiary/aromatic N) is 4. The minimum absolute atomic E-state index is 0.122. The van der Waals surface area contributed by atoms with Gasteiger partial charge < -0.3 is 14.7 Å². The van der Waals surface area contributed by atoms with Crippen LogP contribution >= 0.6 is 0 Å². The van der Waals surface area contributed by atoms with E-state index in [0.29, 0.717) is 19.1 Å². The van der Waals surface area contributed by atoms with Crippen molar-refractivity contribution in [2.75, 3.05) is 20.3 Å². The number of amides is 1. The van der Waals surface area contributed by atoms with Crippen molar-refractivity contribution in [1.82, 2.24) is 19.9 Å². The highest BCUT2D eigenvalue weighted by molar-refractivity contribution is 5.92. The zero-order valence-corrected chi connectivity index (χ0v) is 12.2. The van der Waals surface area contributed by atoms with Crippen LogP contribution in [0.4, 0.5) is 0 Å². The molecule has 1 unspecified atom stereocenters. The highest BCUT2D eigenvalue weighted by atomic mass is 16.5. The van der Waals surface area contributed by atoms with Gasteiger partial charge in [0, 0.05) is 19.7 Å². The molecule has 0 aliphatic heterocycles. The van der Waals surface area contributed by atoms with E-state index in [9.17, 15) is 9.59 Å². The molecule has 1 aliphatic rings. The van der Waals surface area contributed by atoms with E-state index in [1.165, 1.54) is 6.20 Å². The largest absolute Gasteiger partial charge is 0.480 e. The molecule has 0 saturated heterocycles. The molecule has 0 radical (unpaired) electrons. The molecule has 1 amide bonds. The van der Waals surface area contributed by atoms with Crippen molar-refractivity contribution in [3.63, 3.8) is 0 Å². The van der Waals surface area contributed by atoms with Crippen molar-refractivity contribution in [3.8, 4) is 0 Å². The van der Waals surface area contributed by atoms with Crippen LogP contribution in [0, 0.1) is 5.92 Å². The molecule has 1 aromatic rings. The summed E-state index contributed by atoms with van der Waals surface area (Å²) in [6.07, 6.45) is 3.63. The maximum atomic E-state index is 12.5. The van der Waals surface area contributed by atoms with Gasteiger partial charge in [0.15, 0.2) is 5.69 Å². The number of carbonyl (C=O) groups excluding carboxylic acids is 1. The Labute approximate surface area is 122 Å². The van der Waals surface area contributed by atoms with Gasteiger partial charge in [-0.2, -0.15) is 0 Å². The zero-order chi connectivity index (χ0) is 15.4. The lowest BCUT2D eigenvalue weighted by molar-refractivity contribution is -0.137. The summed E-state index contributed by atoms with van der Waals surface area (Å²) in [6, 6.07) is 0.122. The lowest BCUT2D eigenvalue weighted by atomic mass is 10.1. The van der Waals surface area contributed by atoms with Gasteiger partial charge in [0.2, 0.25) is 0 Å². The molecule has 0 spiro atoms. The van der Waals surface area contributed by atoms with Crippen molar-refractivity contribution in [2.24, 2.45) is 5.92 Å². The number of hydrogen-bond donors (Lipinski definition) is 1. The van der Waals surface area contributed by atoms with E-state index in [2.05, 4.69) is 10.3 Å². The summed E-state index contributed by atoms with van der Waals surface area (Å²) in [6.45, 7) is 2.65. The Bertz CT molecular complexity index is 512. The van der Waals surface area contributed by atoms with Gasteiger partial charge in [0.25, 0.3) is 5.91 Å². The number of carboxylic acids is 1. The molecule has 1 aromatic heterocycles. The molecule has 1 fully saturated rings. The first-order valence-electron chi connectivity index (χ1n) is 6.94. The van der Waals surface area contributed by atoms with Crippen molar-refractivity contribution >= 4 is 11.9 Å². The molecule has 1 atom stereocenters. The molecule has 0 aromatic carbocycles. The Morgan fingerprint density at radius 1 is 1.57 bits per heavy atom. The second kappa shape index (κ2) is 6.66. The average molecular weight is 296 g/mol. The first kappa shape index (κ1) is 15.4. The average Bonchev–Trinajstić information content (AvgIpc) is 3.19. The zero-order valence-electron chi connectivity index (χ0n) is 12.2. The Morgan fingerprint density at radius 2 is 2.29 bits per heavy atom. The van der Waals surface area contributed by atoms with Crippen LogP contribution in [0.2, 0.25) is 0 Å². The summed E-state index contributed by atoms with van der Waals surface area (Å²) in [4.78, 5) is 24.9. The Morgan fingerprint density at radius 3 is 2.86 bits per heavy atom. The van der Waals surface area contributed by atoms with E-state index < -0.39 is 5.97 Å². The van der Waals surface area contributed by atoms with Crippen LogP contribution in [0.5, 0.6) is 0 Å². The molecule has 21 heavy (non-hydrogen) atoms. The number of carbonyl (C=O) groups is 2. The van der Waals surface area contributed by atoms with Crippen LogP contribution in [-0.4, -0.2) is 63.2 Å². The number of aromatic nitrogens is 3. The standard InChI is InChI=1S/C13H20N4O4/c1-9(10-3-4-10)17(5-6-21-2)13(20)11-7-16(15-14-11)8-12(18)19/h7,9-10H,3-6,8H2,1-2H3,(H,18,19). The third kappa shape index (κ3) is 4.01.